The Morgan fingerprint density at radius 1 is 1.25 bits per heavy atom. The second-order valence-corrected chi connectivity index (χ2v) is 4.30. The quantitative estimate of drug-likeness (QED) is 0.780. The zero-order valence-corrected chi connectivity index (χ0v) is 10.4. The lowest BCUT2D eigenvalue weighted by Gasteiger charge is -2.12. The molecule has 1 amide bonds. The van der Waals surface area contributed by atoms with Crippen molar-refractivity contribution in [2.75, 3.05) is 20.7 Å². The van der Waals surface area contributed by atoms with Crippen LogP contribution in [0.15, 0.2) is 24.3 Å². The molecule has 3 nitrogen and oxygen atoms in total. The molecule has 0 N–H and O–H groups in total. The monoisotopic (exact) mass is 221 g/mol. The van der Waals surface area contributed by atoms with Crippen molar-refractivity contribution in [3.05, 3.63) is 29.8 Å². The van der Waals surface area contributed by atoms with Crippen molar-refractivity contribution in [2.24, 2.45) is 0 Å². The van der Waals surface area contributed by atoms with Crippen molar-refractivity contribution < 1.29 is 9.53 Å². The van der Waals surface area contributed by atoms with Gasteiger partial charge in [0.1, 0.15) is 5.75 Å². The van der Waals surface area contributed by atoms with Gasteiger partial charge in [0.25, 0.3) is 5.91 Å². The van der Waals surface area contributed by atoms with E-state index in [1.54, 1.807) is 14.1 Å². The summed E-state index contributed by atoms with van der Waals surface area (Å²) >= 11 is 0. The third-order valence-electron chi connectivity index (χ3n) is 2.41. The van der Waals surface area contributed by atoms with E-state index in [2.05, 4.69) is 13.8 Å². The van der Waals surface area contributed by atoms with Crippen molar-refractivity contribution in [1.29, 1.82) is 0 Å². The Morgan fingerprint density at radius 2 is 1.81 bits per heavy atom. The molecule has 0 atom stereocenters. The van der Waals surface area contributed by atoms with Gasteiger partial charge in [0.15, 0.2) is 6.61 Å². The highest BCUT2D eigenvalue weighted by Crippen LogP contribution is 2.18. The topological polar surface area (TPSA) is 29.5 Å². The van der Waals surface area contributed by atoms with Crippen molar-refractivity contribution >= 4 is 5.91 Å². The van der Waals surface area contributed by atoms with Gasteiger partial charge < -0.3 is 9.64 Å². The fourth-order valence-corrected chi connectivity index (χ4v) is 1.22. The van der Waals surface area contributed by atoms with Crippen molar-refractivity contribution in [1.82, 2.24) is 4.90 Å². The number of likely N-dealkylation sites (N-methyl/N-ethyl adjacent to an activating group) is 1. The largest absolute Gasteiger partial charge is 0.484 e. The molecule has 0 heterocycles. The average molecular weight is 221 g/mol. The first-order chi connectivity index (χ1) is 7.50. The van der Waals surface area contributed by atoms with Gasteiger partial charge in [0.2, 0.25) is 0 Å². The smallest absolute Gasteiger partial charge is 0.259 e. The van der Waals surface area contributed by atoms with Crippen LogP contribution in [0, 0.1) is 0 Å². The van der Waals surface area contributed by atoms with Gasteiger partial charge in [-0.05, 0) is 23.6 Å². The summed E-state index contributed by atoms with van der Waals surface area (Å²) < 4.78 is 5.37. The first-order valence-electron chi connectivity index (χ1n) is 5.43. The highest BCUT2D eigenvalue weighted by Gasteiger charge is 2.05. The zero-order valence-electron chi connectivity index (χ0n) is 10.4. The van der Waals surface area contributed by atoms with E-state index in [9.17, 15) is 4.79 Å². The van der Waals surface area contributed by atoms with Gasteiger partial charge in [0, 0.05) is 14.1 Å². The minimum atomic E-state index is -0.0343. The molecular weight excluding hydrogens is 202 g/mol. The molecule has 0 bridgehead atoms. The van der Waals surface area contributed by atoms with Crippen LogP contribution in [0.25, 0.3) is 0 Å². The molecule has 0 aliphatic rings. The van der Waals surface area contributed by atoms with Crippen molar-refractivity contribution in [3.63, 3.8) is 0 Å². The highest BCUT2D eigenvalue weighted by molar-refractivity contribution is 5.77. The van der Waals surface area contributed by atoms with E-state index in [1.807, 2.05) is 24.3 Å². The number of amides is 1. The van der Waals surface area contributed by atoms with E-state index in [-0.39, 0.29) is 12.5 Å². The molecule has 0 unspecified atom stereocenters. The summed E-state index contributed by atoms with van der Waals surface area (Å²) in [5, 5.41) is 0. The van der Waals surface area contributed by atoms with Crippen LogP contribution in [0.1, 0.15) is 25.3 Å². The van der Waals surface area contributed by atoms with Gasteiger partial charge in [-0.3, -0.25) is 4.79 Å². The summed E-state index contributed by atoms with van der Waals surface area (Å²) in [6.45, 7) is 4.38. The standard InChI is InChI=1S/C13H19NO2/c1-10(2)11-5-7-12(8-6-11)16-9-13(15)14(3)4/h5-8,10H,9H2,1-4H3. The number of carbonyl (C=O) groups is 1. The molecule has 1 aromatic carbocycles. The molecule has 0 saturated carbocycles. The Hall–Kier alpha value is -1.51. The van der Waals surface area contributed by atoms with Crippen molar-refractivity contribution in [3.8, 4) is 5.75 Å². The van der Waals surface area contributed by atoms with Crippen LogP contribution in [0.4, 0.5) is 0 Å². The third kappa shape index (κ3) is 3.57. The maximum Gasteiger partial charge on any atom is 0.259 e. The summed E-state index contributed by atoms with van der Waals surface area (Å²) in [6, 6.07) is 7.86. The number of nitrogens with zero attached hydrogens (tertiary/aromatic N) is 1. The molecule has 0 spiro atoms. The highest BCUT2D eigenvalue weighted by atomic mass is 16.5. The van der Waals surface area contributed by atoms with Gasteiger partial charge in [-0.2, -0.15) is 0 Å². The van der Waals surface area contributed by atoms with E-state index >= 15 is 0 Å². The molecule has 0 aliphatic carbocycles. The number of ether oxygens (including phenoxy) is 1. The molecule has 0 aromatic heterocycles. The number of benzene rings is 1. The predicted octanol–water partition coefficient (Wildman–Crippen LogP) is 2.28. The van der Waals surface area contributed by atoms with Gasteiger partial charge in [-0.15, -0.1) is 0 Å². The molecule has 3 heteroatoms. The number of carbonyl (C=O) groups excluding carboxylic acids is 1. The molecular formula is C13H19NO2. The summed E-state index contributed by atoms with van der Waals surface area (Å²) in [4.78, 5) is 12.8. The van der Waals surface area contributed by atoms with Crippen LogP contribution >= 0.6 is 0 Å². The minimum absolute atomic E-state index is 0.0343. The summed E-state index contributed by atoms with van der Waals surface area (Å²) in [5.74, 6) is 1.21. The predicted molar refractivity (Wildman–Crippen MR) is 64.7 cm³/mol. The van der Waals surface area contributed by atoms with E-state index in [1.165, 1.54) is 10.5 Å². The van der Waals surface area contributed by atoms with Gasteiger partial charge in [-0.1, -0.05) is 26.0 Å². The normalized spacial score (nSPS) is 10.3. The summed E-state index contributed by atoms with van der Waals surface area (Å²) in [6.07, 6.45) is 0. The zero-order chi connectivity index (χ0) is 12.1. The molecule has 1 aromatic rings. The van der Waals surface area contributed by atoms with Gasteiger partial charge >= 0.3 is 0 Å². The van der Waals surface area contributed by atoms with E-state index in [4.69, 9.17) is 4.74 Å². The third-order valence-corrected chi connectivity index (χ3v) is 2.41. The van der Waals surface area contributed by atoms with E-state index < -0.39 is 0 Å². The first kappa shape index (κ1) is 12.6. The molecule has 88 valence electrons. The summed E-state index contributed by atoms with van der Waals surface area (Å²) in [7, 11) is 3.43. The first-order valence-corrected chi connectivity index (χ1v) is 5.43. The molecule has 0 radical (unpaired) electrons. The van der Waals surface area contributed by atoms with Crippen LogP contribution in [0.5, 0.6) is 5.75 Å². The van der Waals surface area contributed by atoms with Gasteiger partial charge in [0.05, 0.1) is 0 Å². The average Bonchev–Trinajstić information content (AvgIpc) is 2.26. The fourth-order valence-electron chi connectivity index (χ4n) is 1.22. The second kappa shape index (κ2) is 5.54. The fraction of sp³-hybridized carbons (Fsp3) is 0.462. The molecule has 0 saturated heterocycles. The lowest BCUT2D eigenvalue weighted by Crippen LogP contribution is -2.27. The van der Waals surface area contributed by atoms with Crippen LogP contribution in [0.2, 0.25) is 0 Å². The second-order valence-electron chi connectivity index (χ2n) is 4.30. The Morgan fingerprint density at radius 3 is 2.25 bits per heavy atom. The minimum Gasteiger partial charge on any atom is -0.484 e. The maximum atomic E-state index is 11.3. The van der Waals surface area contributed by atoms with Crippen LogP contribution in [-0.2, 0) is 4.79 Å². The number of hydrogen-bond donors (Lipinski definition) is 0. The maximum absolute atomic E-state index is 11.3. The van der Waals surface area contributed by atoms with Crippen LogP contribution in [-0.4, -0.2) is 31.5 Å². The van der Waals surface area contributed by atoms with E-state index in [0.29, 0.717) is 5.92 Å². The Balaban J connectivity index is 2.53. The van der Waals surface area contributed by atoms with Crippen LogP contribution in [0.3, 0.4) is 0 Å². The Kier molecular flexibility index (Phi) is 4.35. The number of rotatable bonds is 4. The molecule has 0 fully saturated rings. The molecule has 16 heavy (non-hydrogen) atoms. The van der Waals surface area contributed by atoms with Crippen molar-refractivity contribution in [2.45, 2.75) is 19.8 Å². The Bertz CT molecular complexity index is 341. The summed E-state index contributed by atoms with van der Waals surface area (Å²) in [5.41, 5.74) is 1.27. The molecule has 1 rings (SSSR count). The van der Waals surface area contributed by atoms with E-state index in [0.717, 1.165) is 5.75 Å². The number of hydrogen-bond acceptors (Lipinski definition) is 2. The Labute approximate surface area is 97.0 Å². The molecule has 0 aliphatic heterocycles. The van der Waals surface area contributed by atoms with Crippen LogP contribution < -0.4 is 4.74 Å². The lowest BCUT2D eigenvalue weighted by molar-refractivity contribution is -0.130. The SMILES string of the molecule is CC(C)c1ccc(OCC(=O)N(C)C)cc1. The van der Waals surface area contributed by atoms with Gasteiger partial charge in [-0.25, -0.2) is 0 Å². The lowest BCUT2D eigenvalue weighted by atomic mass is 10.0.